The van der Waals surface area contributed by atoms with Crippen molar-refractivity contribution in [3.8, 4) is 0 Å². The first-order valence-corrected chi connectivity index (χ1v) is 12.4. The molecule has 1 fully saturated rings. The maximum absolute atomic E-state index is 11.8. The maximum atomic E-state index is 11.8. The summed E-state index contributed by atoms with van der Waals surface area (Å²) in [4.78, 5) is 6.78. The summed E-state index contributed by atoms with van der Waals surface area (Å²) in [5.41, 5.74) is 4.24. The second-order valence-electron chi connectivity index (χ2n) is 7.86. The maximum Gasteiger partial charge on any atom is 0.215 e. The average molecular weight is 444 g/mol. The topological polar surface area (TPSA) is 85.8 Å². The first-order chi connectivity index (χ1) is 14.9. The number of aliphatic imine (C=N–C) groups is 1. The van der Waals surface area contributed by atoms with Crippen LogP contribution >= 0.6 is 0 Å². The molecule has 2 aromatic rings. The lowest BCUT2D eigenvalue weighted by Gasteiger charge is -2.22. The van der Waals surface area contributed by atoms with E-state index in [1.807, 2.05) is 24.3 Å². The molecule has 0 saturated carbocycles. The van der Waals surface area contributed by atoms with E-state index >= 15 is 0 Å². The Bertz CT molecular complexity index is 1000. The van der Waals surface area contributed by atoms with Gasteiger partial charge in [-0.2, -0.15) is 0 Å². The van der Waals surface area contributed by atoms with Crippen LogP contribution in [0.5, 0.6) is 0 Å². The molecule has 0 amide bonds. The van der Waals surface area contributed by atoms with Crippen molar-refractivity contribution in [2.45, 2.75) is 38.1 Å². The van der Waals surface area contributed by atoms with Gasteiger partial charge in [0.25, 0.3) is 0 Å². The van der Waals surface area contributed by atoms with Gasteiger partial charge in [-0.05, 0) is 55.6 Å². The number of nitrogens with zero attached hydrogens (tertiary/aromatic N) is 2. The lowest BCUT2D eigenvalue weighted by atomic mass is 10.1. The van der Waals surface area contributed by atoms with Gasteiger partial charge < -0.3 is 15.5 Å². The molecule has 0 aliphatic carbocycles. The summed E-state index contributed by atoms with van der Waals surface area (Å²) in [6.07, 6.45) is 2.52. The predicted molar refractivity (Wildman–Crippen MR) is 128 cm³/mol. The fourth-order valence-corrected chi connectivity index (χ4v) is 4.52. The summed E-state index contributed by atoms with van der Waals surface area (Å²) in [5, 5.41) is 6.77. The summed E-state index contributed by atoms with van der Waals surface area (Å²) in [6, 6.07) is 16.3. The Labute approximate surface area is 186 Å². The Balaban J connectivity index is 1.59. The zero-order valence-corrected chi connectivity index (χ0v) is 19.4. The summed E-state index contributed by atoms with van der Waals surface area (Å²) in [6.45, 7) is 4.93. The van der Waals surface area contributed by atoms with Crippen LogP contribution in [0.3, 0.4) is 0 Å². The van der Waals surface area contributed by atoms with Crippen LogP contribution in [0, 0.1) is 0 Å². The van der Waals surface area contributed by atoms with Crippen molar-refractivity contribution in [3.63, 3.8) is 0 Å². The standard InChI is InChI=1S/C23H33N5O2S/c1-18(21-10-7-11-22(15-21)28-12-4-5-13-28)27-23(24-2)26-16-19-8-6-9-20(14-19)17-31(29,30)25-3/h6-11,14-15,18,25H,4-5,12-13,16-17H2,1-3H3,(H2,24,26,27). The molecule has 1 aliphatic rings. The fraction of sp³-hybridized carbons (Fsp3) is 0.435. The quantitative estimate of drug-likeness (QED) is 0.431. The van der Waals surface area contributed by atoms with E-state index in [1.54, 1.807) is 7.05 Å². The molecule has 1 aliphatic heterocycles. The molecule has 1 atom stereocenters. The first-order valence-electron chi connectivity index (χ1n) is 10.7. The number of rotatable bonds is 8. The number of guanidine groups is 1. The lowest BCUT2D eigenvalue weighted by molar-refractivity contribution is 0.587. The summed E-state index contributed by atoms with van der Waals surface area (Å²) < 4.78 is 25.9. The van der Waals surface area contributed by atoms with Crippen molar-refractivity contribution in [2.75, 3.05) is 32.1 Å². The van der Waals surface area contributed by atoms with Gasteiger partial charge in [0.15, 0.2) is 5.96 Å². The molecule has 0 bridgehead atoms. The minimum Gasteiger partial charge on any atom is -0.372 e. The molecular formula is C23H33N5O2S. The van der Waals surface area contributed by atoms with Crippen molar-refractivity contribution in [1.29, 1.82) is 0 Å². The Morgan fingerprint density at radius 3 is 2.52 bits per heavy atom. The molecule has 0 spiro atoms. The van der Waals surface area contributed by atoms with Gasteiger partial charge >= 0.3 is 0 Å². The SMILES string of the molecule is CN=C(NCc1cccc(CS(=O)(=O)NC)c1)NC(C)c1cccc(N2CCCC2)c1. The van der Waals surface area contributed by atoms with Crippen LogP contribution in [0.25, 0.3) is 0 Å². The van der Waals surface area contributed by atoms with Gasteiger partial charge in [0.2, 0.25) is 10.0 Å². The van der Waals surface area contributed by atoms with Crippen LogP contribution in [0.1, 0.15) is 42.5 Å². The third kappa shape index (κ3) is 6.70. The van der Waals surface area contributed by atoms with Gasteiger partial charge in [0, 0.05) is 32.4 Å². The van der Waals surface area contributed by atoms with Crippen molar-refractivity contribution >= 4 is 21.7 Å². The van der Waals surface area contributed by atoms with Gasteiger partial charge in [-0.1, -0.05) is 36.4 Å². The summed E-state index contributed by atoms with van der Waals surface area (Å²) in [7, 11) is -0.114. The first kappa shape index (κ1) is 23.1. The van der Waals surface area contributed by atoms with Crippen molar-refractivity contribution in [2.24, 2.45) is 4.99 Å². The molecule has 0 aromatic heterocycles. The van der Waals surface area contributed by atoms with E-state index in [-0.39, 0.29) is 11.8 Å². The number of anilines is 1. The molecule has 1 saturated heterocycles. The van der Waals surface area contributed by atoms with Crippen LogP contribution in [0.2, 0.25) is 0 Å². The molecule has 168 valence electrons. The Kier molecular flexibility index (Phi) is 7.92. The molecule has 1 heterocycles. The minimum atomic E-state index is -3.29. The van der Waals surface area contributed by atoms with E-state index < -0.39 is 10.0 Å². The molecule has 1 unspecified atom stereocenters. The number of hydrogen-bond donors (Lipinski definition) is 3. The van der Waals surface area contributed by atoms with Gasteiger partial charge in [0.05, 0.1) is 11.8 Å². The zero-order chi connectivity index (χ0) is 22.3. The molecule has 3 rings (SSSR count). The molecule has 2 aromatic carbocycles. The van der Waals surface area contributed by atoms with E-state index in [0.29, 0.717) is 12.5 Å². The summed E-state index contributed by atoms with van der Waals surface area (Å²) >= 11 is 0. The number of hydrogen-bond acceptors (Lipinski definition) is 4. The Morgan fingerprint density at radius 1 is 1.10 bits per heavy atom. The number of nitrogens with one attached hydrogen (secondary N) is 3. The number of benzene rings is 2. The van der Waals surface area contributed by atoms with Crippen LogP contribution in [-0.2, 0) is 22.3 Å². The molecular weight excluding hydrogens is 410 g/mol. The van der Waals surface area contributed by atoms with Crippen LogP contribution in [-0.4, -0.2) is 41.6 Å². The van der Waals surface area contributed by atoms with Gasteiger partial charge in [-0.15, -0.1) is 0 Å². The van der Waals surface area contributed by atoms with E-state index in [2.05, 4.69) is 56.4 Å². The van der Waals surface area contributed by atoms with Crippen molar-refractivity contribution < 1.29 is 8.42 Å². The lowest BCUT2D eigenvalue weighted by Crippen LogP contribution is -2.38. The molecule has 8 heteroatoms. The highest BCUT2D eigenvalue weighted by Crippen LogP contribution is 2.24. The highest BCUT2D eigenvalue weighted by atomic mass is 32.2. The highest BCUT2D eigenvalue weighted by Gasteiger charge is 2.15. The molecule has 7 nitrogen and oxygen atoms in total. The molecule has 31 heavy (non-hydrogen) atoms. The predicted octanol–water partition coefficient (Wildman–Crippen LogP) is 2.76. The Hall–Kier alpha value is -2.58. The van der Waals surface area contributed by atoms with Gasteiger partial charge in [-0.25, -0.2) is 13.1 Å². The average Bonchev–Trinajstić information content (AvgIpc) is 3.31. The fourth-order valence-electron chi connectivity index (χ4n) is 3.76. The zero-order valence-electron chi connectivity index (χ0n) is 18.6. The Morgan fingerprint density at radius 2 is 1.81 bits per heavy atom. The van der Waals surface area contributed by atoms with Crippen LogP contribution in [0.15, 0.2) is 53.5 Å². The number of sulfonamides is 1. The van der Waals surface area contributed by atoms with Crippen LogP contribution in [0.4, 0.5) is 5.69 Å². The molecule has 0 radical (unpaired) electrons. The van der Waals surface area contributed by atoms with Crippen molar-refractivity contribution in [3.05, 3.63) is 65.2 Å². The van der Waals surface area contributed by atoms with Gasteiger partial charge in [-0.3, -0.25) is 4.99 Å². The minimum absolute atomic E-state index is 0.0330. The third-order valence-electron chi connectivity index (χ3n) is 5.54. The van der Waals surface area contributed by atoms with Crippen LogP contribution < -0.4 is 20.3 Å². The van der Waals surface area contributed by atoms with E-state index in [0.717, 1.165) is 24.2 Å². The van der Waals surface area contributed by atoms with Gasteiger partial charge in [0.1, 0.15) is 0 Å². The molecule has 3 N–H and O–H groups in total. The van der Waals surface area contributed by atoms with E-state index in [4.69, 9.17) is 0 Å². The van der Waals surface area contributed by atoms with E-state index in [1.165, 1.54) is 31.1 Å². The third-order valence-corrected chi connectivity index (χ3v) is 6.87. The monoisotopic (exact) mass is 443 g/mol. The highest BCUT2D eigenvalue weighted by molar-refractivity contribution is 7.88. The van der Waals surface area contributed by atoms with E-state index in [9.17, 15) is 8.42 Å². The normalized spacial score (nSPS) is 15.7. The smallest absolute Gasteiger partial charge is 0.215 e. The van der Waals surface area contributed by atoms with Crippen molar-refractivity contribution in [1.82, 2.24) is 15.4 Å². The second kappa shape index (κ2) is 10.6. The largest absolute Gasteiger partial charge is 0.372 e. The summed E-state index contributed by atoms with van der Waals surface area (Å²) in [5.74, 6) is 0.668. The second-order valence-corrected chi connectivity index (χ2v) is 9.79.